The van der Waals surface area contributed by atoms with E-state index in [9.17, 15) is 17.6 Å². The van der Waals surface area contributed by atoms with Crippen LogP contribution in [0.25, 0.3) is 0 Å². The van der Waals surface area contributed by atoms with Gasteiger partial charge in [-0.1, -0.05) is 12.1 Å². The molecule has 0 aliphatic heterocycles. The minimum absolute atomic E-state index is 0.611. The Kier molecular flexibility index (Phi) is 2.51. The van der Waals surface area contributed by atoms with Gasteiger partial charge in [0.25, 0.3) is 0 Å². The minimum atomic E-state index is -4.40. The van der Waals surface area contributed by atoms with Crippen LogP contribution in [0.5, 0.6) is 0 Å². The molecular weight excluding hydrogens is 204 g/mol. The fraction of sp³-hybridized carbons (Fsp3) is 0.250. The largest absolute Gasteiger partial charge is 0.381 e. The van der Waals surface area contributed by atoms with Gasteiger partial charge in [-0.3, -0.25) is 0 Å². The van der Waals surface area contributed by atoms with E-state index < -0.39 is 23.3 Å². The molecular formula is C8H6F4O2. The van der Waals surface area contributed by atoms with Crippen LogP contribution in [-0.4, -0.2) is 10.2 Å². The van der Waals surface area contributed by atoms with E-state index in [-0.39, 0.29) is 0 Å². The van der Waals surface area contributed by atoms with Crippen molar-refractivity contribution >= 4 is 0 Å². The lowest BCUT2D eigenvalue weighted by Gasteiger charge is -2.17. The average Bonchev–Trinajstić information content (AvgIpc) is 2.01. The molecule has 0 radical (unpaired) electrons. The SMILES string of the molecule is OC(F)(F)c1ccccc1C(O)(F)F. The number of benzene rings is 1. The summed E-state index contributed by atoms with van der Waals surface area (Å²) >= 11 is 0. The third-order valence-electron chi connectivity index (χ3n) is 1.58. The molecule has 0 spiro atoms. The molecule has 0 bridgehead atoms. The van der Waals surface area contributed by atoms with Crippen LogP contribution in [0.15, 0.2) is 24.3 Å². The van der Waals surface area contributed by atoms with E-state index in [4.69, 9.17) is 10.2 Å². The quantitative estimate of drug-likeness (QED) is 0.730. The van der Waals surface area contributed by atoms with E-state index >= 15 is 0 Å². The zero-order valence-electron chi connectivity index (χ0n) is 6.72. The molecule has 2 N–H and O–H groups in total. The van der Waals surface area contributed by atoms with Crippen molar-refractivity contribution in [2.45, 2.75) is 12.2 Å². The first-order valence-electron chi connectivity index (χ1n) is 3.53. The van der Waals surface area contributed by atoms with E-state index in [0.717, 1.165) is 12.1 Å². The zero-order chi connectivity index (χ0) is 11.0. The Morgan fingerprint density at radius 2 is 1.07 bits per heavy atom. The molecule has 0 aliphatic rings. The summed E-state index contributed by atoms with van der Waals surface area (Å²) in [6.07, 6.45) is -8.80. The van der Waals surface area contributed by atoms with E-state index in [1.807, 2.05) is 0 Å². The van der Waals surface area contributed by atoms with Crippen molar-refractivity contribution in [2.75, 3.05) is 0 Å². The van der Waals surface area contributed by atoms with Crippen LogP contribution in [0.1, 0.15) is 11.1 Å². The van der Waals surface area contributed by atoms with E-state index in [1.54, 1.807) is 0 Å². The Labute approximate surface area is 76.4 Å². The van der Waals surface area contributed by atoms with Gasteiger partial charge in [0, 0.05) is 0 Å². The monoisotopic (exact) mass is 210 g/mol. The number of halogens is 4. The molecule has 1 aromatic rings. The second-order valence-corrected chi connectivity index (χ2v) is 2.63. The summed E-state index contributed by atoms with van der Waals surface area (Å²) < 4.78 is 49.4. The molecule has 78 valence electrons. The molecule has 2 nitrogen and oxygen atoms in total. The predicted molar refractivity (Wildman–Crippen MR) is 38.7 cm³/mol. The highest BCUT2D eigenvalue weighted by Gasteiger charge is 2.39. The molecule has 0 heterocycles. The normalized spacial score (nSPS) is 13.0. The van der Waals surface area contributed by atoms with Crippen LogP contribution in [0.4, 0.5) is 17.6 Å². The third-order valence-corrected chi connectivity index (χ3v) is 1.58. The molecule has 0 unspecified atom stereocenters. The van der Waals surface area contributed by atoms with Crippen LogP contribution < -0.4 is 0 Å². The van der Waals surface area contributed by atoms with Gasteiger partial charge in [0.2, 0.25) is 0 Å². The molecule has 0 saturated heterocycles. The summed E-state index contributed by atoms with van der Waals surface area (Å²) in [6.45, 7) is 0. The fourth-order valence-corrected chi connectivity index (χ4v) is 1.01. The van der Waals surface area contributed by atoms with E-state index in [1.165, 1.54) is 0 Å². The fourth-order valence-electron chi connectivity index (χ4n) is 1.01. The van der Waals surface area contributed by atoms with E-state index in [0.29, 0.717) is 12.1 Å². The minimum Gasteiger partial charge on any atom is -0.332 e. The smallest absolute Gasteiger partial charge is 0.332 e. The third kappa shape index (κ3) is 2.21. The van der Waals surface area contributed by atoms with Gasteiger partial charge in [0.15, 0.2) is 0 Å². The van der Waals surface area contributed by atoms with Crippen molar-refractivity contribution in [3.63, 3.8) is 0 Å². The lowest BCUT2D eigenvalue weighted by molar-refractivity contribution is -0.231. The van der Waals surface area contributed by atoms with Gasteiger partial charge in [-0.2, -0.15) is 17.6 Å². The highest BCUT2D eigenvalue weighted by atomic mass is 19.3. The standard InChI is InChI=1S/C8H6F4O2/c9-7(10,13)5-3-1-2-4-6(5)8(11,12)14/h1-4,13-14H. The topological polar surface area (TPSA) is 40.5 Å². The van der Waals surface area contributed by atoms with Gasteiger partial charge in [-0.25, -0.2) is 0 Å². The summed E-state index contributed by atoms with van der Waals surface area (Å²) in [4.78, 5) is 0. The van der Waals surface area contributed by atoms with Gasteiger partial charge in [-0.15, -0.1) is 0 Å². The van der Waals surface area contributed by atoms with Crippen molar-refractivity contribution in [3.05, 3.63) is 35.4 Å². The number of rotatable bonds is 2. The molecule has 0 amide bonds. The second kappa shape index (κ2) is 3.21. The molecule has 0 saturated carbocycles. The molecule has 1 aromatic carbocycles. The van der Waals surface area contributed by atoms with Crippen LogP contribution in [-0.2, 0) is 12.2 Å². The maximum absolute atomic E-state index is 12.4. The molecule has 0 aliphatic carbocycles. The molecule has 6 heteroatoms. The number of alkyl halides is 4. The Balaban J connectivity index is 3.31. The number of aliphatic hydroxyl groups is 2. The first-order valence-corrected chi connectivity index (χ1v) is 3.53. The Bertz CT molecular complexity index is 294. The first-order chi connectivity index (χ1) is 6.23. The summed E-state index contributed by atoms with van der Waals surface area (Å²) in [5.41, 5.74) is -2.62. The van der Waals surface area contributed by atoms with Gasteiger partial charge < -0.3 is 10.2 Å². The summed E-state index contributed by atoms with van der Waals surface area (Å²) in [7, 11) is 0. The predicted octanol–water partition coefficient (Wildman–Crippen LogP) is 1.77. The highest BCUT2D eigenvalue weighted by molar-refractivity contribution is 5.31. The van der Waals surface area contributed by atoms with Crippen molar-refractivity contribution in [3.8, 4) is 0 Å². The van der Waals surface area contributed by atoms with Gasteiger partial charge in [-0.05, 0) is 12.1 Å². The average molecular weight is 210 g/mol. The van der Waals surface area contributed by atoms with Crippen LogP contribution >= 0.6 is 0 Å². The van der Waals surface area contributed by atoms with Crippen LogP contribution in [0.3, 0.4) is 0 Å². The van der Waals surface area contributed by atoms with Crippen LogP contribution in [0, 0.1) is 0 Å². The maximum Gasteiger partial charge on any atom is 0.381 e. The summed E-state index contributed by atoms with van der Waals surface area (Å²) in [5, 5.41) is 16.5. The van der Waals surface area contributed by atoms with Crippen molar-refractivity contribution < 1.29 is 27.8 Å². The number of hydrogen-bond donors (Lipinski definition) is 2. The van der Waals surface area contributed by atoms with Crippen molar-refractivity contribution in [1.29, 1.82) is 0 Å². The summed E-state index contributed by atoms with van der Waals surface area (Å²) in [6, 6.07) is 3.32. The zero-order valence-corrected chi connectivity index (χ0v) is 6.72. The van der Waals surface area contributed by atoms with Gasteiger partial charge in [0.1, 0.15) is 0 Å². The molecule has 0 fully saturated rings. The molecule has 0 aromatic heterocycles. The number of hydrogen-bond acceptors (Lipinski definition) is 2. The van der Waals surface area contributed by atoms with Gasteiger partial charge >= 0.3 is 12.2 Å². The van der Waals surface area contributed by atoms with E-state index in [2.05, 4.69) is 0 Å². The van der Waals surface area contributed by atoms with Crippen molar-refractivity contribution in [2.24, 2.45) is 0 Å². The molecule has 14 heavy (non-hydrogen) atoms. The molecule has 0 atom stereocenters. The highest BCUT2D eigenvalue weighted by Crippen LogP contribution is 2.35. The lowest BCUT2D eigenvalue weighted by Crippen LogP contribution is -2.21. The van der Waals surface area contributed by atoms with Crippen molar-refractivity contribution in [1.82, 2.24) is 0 Å². The van der Waals surface area contributed by atoms with Crippen LogP contribution in [0.2, 0.25) is 0 Å². The Hall–Kier alpha value is -1.14. The Morgan fingerprint density at radius 1 is 0.786 bits per heavy atom. The van der Waals surface area contributed by atoms with Gasteiger partial charge in [0.05, 0.1) is 11.1 Å². The summed E-state index contributed by atoms with van der Waals surface area (Å²) in [5.74, 6) is 0. The lowest BCUT2D eigenvalue weighted by atomic mass is 10.1. The first kappa shape index (κ1) is 10.9. The maximum atomic E-state index is 12.4. The molecule has 1 rings (SSSR count). The Morgan fingerprint density at radius 3 is 1.29 bits per heavy atom. The second-order valence-electron chi connectivity index (χ2n) is 2.63.